The second kappa shape index (κ2) is 6.69. The summed E-state index contributed by atoms with van der Waals surface area (Å²) in [7, 11) is 3.51. The minimum absolute atomic E-state index is 0.298. The van der Waals surface area contributed by atoms with E-state index in [1.54, 1.807) is 11.9 Å². The molecule has 7 nitrogen and oxygen atoms in total. The fourth-order valence-electron chi connectivity index (χ4n) is 1.46. The van der Waals surface area contributed by atoms with Crippen LogP contribution in [0.4, 0.5) is 0 Å². The van der Waals surface area contributed by atoms with Gasteiger partial charge >= 0.3 is 0 Å². The third kappa shape index (κ3) is 3.92. The van der Waals surface area contributed by atoms with E-state index in [0.29, 0.717) is 19.0 Å². The lowest BCUT2D eigenvalue weighted by Gasteiger charge is -2.04. The lowest BCUT2D eigenvalue weighted by atomic mass is 10.3. The van der Waals surface area contributed by atoms with Crippen molar-refractivity contribution in [2.45, 2.75) is 13.2 Å². The topological polar surface area (TPSA) is 74.1 Å². The highest BCUT2D eigenvalue weighted by molar-refractivity contribution is 5.31. The van der Waals surface area contributed by atoms with Crippen LogP contribution in [0.5, 0.6) is 11.5 Å². The van der Waals surface area contributed by atoms with E-state index in [4.69, 9.17) is 9.47 Å². The summed E-state index contributed by atoms with van der Waals surface area (Å²) in [5.74, 6) is 2.10. The maximum atomic E-state index is 5.56. The third-order valence-electron chi connectivity index (χ3n) is 2.48. The number of aromatic nitrogens is 4. The number of hydrogen-bond donors (Lipinski definition) is 1. The molecular weight excluding hydrogens is 246 g/mol. The summed E-state index contributed by atoms with van der Waals surface area (Å²) >= 11 is 0. The molecule has 0 aliphatic rings. The Balaban J connectivity index is 1.85. The molecule has 1 heterocycles. The molecule has 2 rings (SSSR count). The van der Waals surface area contributed by atoms with Gasteiger partial charge in [-0.1, -0.05) is 0 Å². The molecule has 0 radical (unpaired) electrons. The molecule has 1 aromatic carbocycles. The fourth-order valence-corrected chi connectivity index (χ4v) is 1.46. The van der Waals surface area contributed by atoms with Crippen molar-refractivity contribution in [2.75, 3.05) is 20.7 Å². The van der Waals surface area contributed by atoms with E-state index in [1.165, 1.54) is 0 Å². The largest absolute Gasteiger partial charge is 0.497 e. The molecule has 0 spiro atoms. The summed E-state index contributed by atoms with van der Waals surface area (Å²) in [6.07, 6.45) is 0. The van der Waals surface area contributed by atoms with Gasteiger partial charge in [-0.25, -0.2) is 0 Å². The number of likely N-dealkylation sites (N-methyl/N-ethyl adjacent to an activating group) is 1. The Morgan fingerprint density at radius 3 is 2.63 bits per heavy atom. The minimum atomic E-state index is 0.298. The average Bonchev–Trinajstić information content (AvgIpc) is 2.91. The van der Waals surface area contributed by atoms with Crippen molar-refractivity contribution in [3.05, 3.63) is 30.1 Å². The Morgan fingerprint density at radius 2 is 1.95 bits per heavy atom. The number of nitrogens with one attached hydrogen (secondary N) is 1. The molecule has 0 amide bonds. The van der Waals surface area contributed by atoms with E-state index in [0.717, 1.165) is 18.0 Å². The van der Waals surface area contributed by atoms with Gasteiger partial charge in [0.05, 0.1) is 13.7 Å². The summed E-state index contributed by atoms with van der Waals surface area (Å²) in [5.41, 5.74) is 0. The second-order valence-corrected chi connectivity index (χ2v) is 3.87. The van der Waals surface area contributed by atoms with Gasteiger partial charge in [0.2, 0.25) is 5.82 Å². The zero-order valence-electron chi connectivity index (χ0n) is 11.0. The molecule has 0 bridgehead atoms. The number of tetrazole rings is 1. The molecule has 0 aliphatic heterocycles. The Hall–Kier alpha value is -2.15. The van der Waals surface area contributed by atoms with E-state index in [2.05, 4.69) is 20.7 Å². The van der Waals surface area contributed by atoms with Crippen molar-refractivity contribution < 1.29 is 9.47 Å². The van der Waals surface area contributed by atoms with Crippen LogP contribution in [-0.4, -0.2) is 40.9 Å². The maximum Gasteiger partial charge on any atom is 0.212 e. The third-order valence-corrected chi connectivity index (χ3v) is 2.48. The average molecular weight is 263 g/mol. The SMILES string of the molecule is CNCCn1nnc(COc2ccc(OC)cc2)n1. The lowest BCUT2D eigenvalue weighted by molar-refractivity contribution is 0.294. The van der Waals surface area contributed by atoms with Crippen LogP contribution >= 0.6 is 0 Å². The highest BCUT2D eigenvalue weighted by atomic mass is 16.5. The Morgan fingerprint density at radius 1 is 1.21 bits per heavy atom. The second-order valence-electron chi connectivity index (χ2n) is 3.87. The number of ether oxygens (including phenoxy) is 2. The first-order valence-electron chi connectivity index (χ1n) is 6.00. The highest BCUT2D eigenvalue weighted by Gasteiger charge is 2.03. The van der Waals surface area contributed by atoms with Gasteiger partial charge in [-0.05, 0) is 36.5 Å². The van der Waals surface area contributed by atoms with E-state index in [9.17, 15) is 0 Å². The summed E-state index contributed by atoms with van der Waals surface area (Å²) in [6, 6.07) is 7.35. The summed E-state index contributed by atoms with van der Waals surface area (Å²) in [4.78, 5) is 1.54. The van der Waals surface area contributed by atoms with Gasteiger partial charge < -0.3 is 14.8 Å². The monoisotopic (exact) mass is 263 g/mol. The van der Waals surface area contributed by atoms with E-state index in [-0.39, 0.29) is 0 Å². The van der Waals surface area contributed by atoms with Gasteiger partial charge in [0, 0.05) is 6.54 Å². The molecule has 102 valence electrons. The first-order chi connectivity index (χ1) is 9.31. The van der Waals surface area contributed by atoms with Gasteiger partial charge in [0.1, 0.15) is 11.5 Å². The smallest absolute Gasteiger partial charge is 0.212 e. The molecule has 0 saturated heterocycles. The first kappa shape index (κ1) is 13.3. The van der Waals surface area contributed by atoms with Crippen molar-refractivity contribution in [3.63, 3.8) is 0 Å². The van der Waals surface area contributed by atoms with Crippen molar-refractivity contribution in [1.82, 2.24) is 25.5 Å². The van der Waals surface area contributed by atoms with E-state index < -0.39 is 0 Å². The Bertz CT molecular complexity index is 497. The summed E-state index contributed by atoms with van der Waals surface area (Å²) in [5, 5.41) is 15.1. The maximum absolute atomic E-state index is 5.56. The predicted molar refractivity (Wildman–Crippen MR) is 69.1 cm³/mol. The molecule has 7 heteroatoms. The van der Waals surface area contributed by atoms with Gasteiger partial charge in [0.25, 0.3) is 0 Å². The molecule has 0 atom stereocenters. The molecular formula is C12H17N5O2. The first-order valence-corrected chi connectivity index (χ1v) is 6.00. The predicted octanol–water partition coefficient (Wildman–Crippen LogP) is 0.480. The van der Waals surface area contributed by atoms with Crippen LogP contribution in [0.15, 0.2) is 24.3 Å². The zero-order valence-corrected chi connectivity index (χ0v) is 11.0. The van der Waals surface area contributed by atoms with E-state index in [1.807, 2.05) is 31.3 Å². The molecule has 1 aromatic heterocycles. The standard InChI is InChI=1S/C12H17N5O2/c1-13-7-8-17-15-12(14-16-17)9-19-11-5-3-10(18-2)4-6-11/h3-6,13H,7-9H2,1-2H3. The fraction of sp³-hybridized carbons (Fsp3) is 0.417. The normalized spacial score (nSPS) is 10.4. The minimum Gasteiger partial charge on any atom is -0.497 e. The quantitative estimate of drug-likeness (QED) is 0.783. The van der Waals surface area contributed by atoms with Gasteiger partial charge in [-0.2, -0.15) is 4.80 Å². The molecule has 0 unspecified atom stereocenters. The summed E-state index contributed by atoms with van der Waals surface area (Å²) < 4.78 is 10.6. The van der Waals surface area contributed by atoms with E-state index >= 15 is 0 Å². The van der Waals surface area contributed by atoms with Crippen molar-refractivity contribution in [2.24, 2.45) is 0 Å². The zero-order chi connectivity index (χ0) is 13.5. The van der Waals surface area contributed by atoms with Crippen LogP contribution in [0.25, 0.3) is 0 Å². The number of methoxy groups -OCH3 is 1. The van der Waals surface area contributed by atoms with Crippen LogP contribution in [-0.2, 0) is 13.2 Å². The molecule has 2 aromatic rings. The number of rotatable bonds is 7. The van der Waals surface area contributed by atoms with Crippen molar-refractivity contribution in [1.29, 1.82) is 0 Å². The molecule has 1 N–H and O–H groups in total. The van der Waals surface area contributed by atoms with Crippen LogP contribution in [0.2, 0.25) is 0 Å². The molecule has 0 saturated carbocycles. The molecule has 0 fully saturated rings. The summed E-state index contributed by atoms with van der Waals surface area (Å²) in [6.45, 7) is 1.78. The number of hydrogen-bond acceptors (Lipinski definition) is 6. The van der Waals surface area contributed by atoms with Gasteiger partial charge in [0.15, 0.2) is 6.61 Å². The van der Waals surface area contributed by atoms with Crippen LogP contribution < -0.4 is 14.8 Å². The Kier molecular flexibility index (Phi) is 4.68. The number of benzene rings is 1. The van der Waals surface area contributed by atoms with Crippen LogP contribution in [0.1, 0.15) is 5.82 Å². The number of nitrogens with zero attached hydrogens (tertiary/aromatic N) is 4. The van der Waals surface area contributed by atoms with Crippen LogP contribution in [0.3, 0.4) is 0 Å². The van der Waals surface area contributed by atoms with Gasteiger partial charge in [-0.3, -0.25) is 0 Å². The van der Waals surface area contributed by atoms with Crippen LogP contribution in [0, 0.1) is 0 Å². The lowest BCUT2D eigenvalue weighted by Crippen LogP contribution is -2.16. The molecule has 0 aliphatic carbocycles. The van der Waals surface area contributed by atoms with Crippen molar-refractivity contribution in [3.8, 4) is 11.5 Å². The highest BCUT2D eigenvalue weighted by Crippen LogP contribution is 2.17. The Labute approximate surface area is 111 Å². The van der Waals surface area contributed by atoms with Gasteiger partial charge in [-0.15, -0.1) is 10.2 Å². The van der Waals surface area contributed by atoms with Crippen molar-refractivity contribution >= 4 is 0 Å². The molecule has 19 heavy (non-hydrogen) atoms.